The van der Waals surface area contributed by atoms with Gasteiger partial charge in [0.2, 0.25) is 5.91 Å². The molecule has 2 N–H and O–H groups in total. The van der Waals surface area contributed by atoms with Gasteiger partial charge in [0.1, 0.15) is 6.50 Å². The number of hydrogen-bond donors (Lipinski definition) is 2. The van der Waals surface area contributed by atoms with E-state index in [-0.39, 0.29) is 12.3 Å². The van der Waals surface area contributed by atoms with Crippen molar-refractivity contribution in [2.24, 2.45) is 5.92 Å². The molecule has 1 amide bonds. The Balaban J connectivity index is 4.12. The van der Waals surface area contributed by atoms with E-state index in [2.05, 4.69) is 0 Å². The van der Waals surface area contributed by atoms with Gasteiger partial charge in [-0.15, -0.1) is 0 Å². The van der Waals surface area contributed by atoms with Crippen LogP contribution in [0.2, 0.25) is 0 Å². The van der Waals surface area contributed by atoms with E-state index in [0.29, 0.717) is 0 Å². The molecule has 4 nitrogen and oxygen atoms in total. The normalized spacial score (nSPS) is 13.7. The summed E-state index contributed by atoms with van der Waals surface area (Å²) in [5, 5.41) is 10.1. The fourth-order valence-electron chi connectivity index (χ4n) is 0.545. The van der Waals surface area contributed by atoms with Crippen molar-refractivity contribution in [1.29, 1.82) is 0 Å². The second kappa shape index (κ2) is 4.71. The summed E-state index contributed by atoms with van der Waals surface area (Å²) in [6.45, 7) is 0.901. The van der Waals surface area contributed by atoms with Crippen LogP contribution in [0.1, 0.15) is 23.0 Å². The van der Waals surface area contributed by atoms with Crippen LogP contribution >= 0.6 is 0 Å². The highest BCUT2D eigenvalue weighted by Crippen LogP contribution is 1.97. The Bertz CT molecular complexity index is 216. The van der Waals surface area contributed by atoms with Gasteiger partial charge in [0, 0.05) is 6.42 Å². The van der Waals surface area contributed by atoms with Crippen LogP contribution in [-0.2, 0) is 9.59 Å². The molecule has 4 heteroatoms. The first-order valence-corrected chi connectivity index (χ1v) is 3.30. The summed E-state index contributed by atoms with van der Waals surface area (Å²) in [5.74, 6) is -2.21. The zero-order chi connectivity index (χ0) is 10.6. The van der Waals surface area contributed by atoms with Crippen molar-refractivity contribution < 1.29 is 17.4 Å². The van der Waals surface area contributed by atoms with Crippen molar-refractivity contribution in [3.05, 3.63) is 0 Å². The lowest BCUT2D eigenvalue weighted by atomic mass is 10.1. The number of amides is 1. The molecule has 0 spiro atoms. The highest BCUT2D eigenvalue weighted by atomic mass is 16.4. The van der Waals surface area contributed by atoms with Gasteiger partial charge >= 0.3 is 5.97 Å². The topological polar surface area (TPSA) is 66.4 Å². The van der Waals surface area contributed by atoms with Gasteiger partial charge < -0.3 is 10.4 Å². The number of rotatable bonds is 4. The number of nitrogens with one attached hydrogen (secondary N) is 1. The highest BCUT2D eigenvalue weighted by molar-refractivity contribution is 5.81. The Kier molecular flexibility index (Phi) is 2.84. The maximum absolute atomic E-state index is 11.0. The van der Waals surface area contributed by atoms with Crippen LogP contribution in [-0.4, -0.2) is 23.5 Å². The summed E-state index contributed by atoms with van der Waals surface area (Å²) < 4.78 is 13.8. The summed E-state index contributed by atoms with van der Waals surface area (Å²) >= 11 is 0. The Labute approximate surface area is 68.4 Å². The molecule has 0 aliphatic rings. The summed E-state index contributed by atoms with van der Waals surface area (Å²) in [7, 11) is 0. The van der Waals surface area contributed by atoms with Crippen LogP contribution < -0.4 is 5.32 Å². The fraction of sp³-hybridized carbons (Fsp3) is 0.714. The third kappa shape index (κ3) is 6.83. The third-order valence-corrected chi connectivity index (χ3v) is 0.902. The van der Waals surface area contributed by atoms with E-state index in [9.17, 15) is 9.59 Å². The van der Waals surface area contributed by atoms with Crippen LogP contribution in [0.5, 0.6) is 0 Å². The number of carbonyl (C=O) groups is 2. The van der Waals surface area contributed by atoms with E-state index < -0.39 is 18.4 Å². The lowest BCUT2D eigenvalue weighted by molar-refractivity contribution is -0.138. The molecule has 0 aliphatic carbocycles. The maximum Gasteiger partial charge on any atom is 0.322 e. The van der Waals surface area contributed by atoms with Crippen molar-refractivity contribution >= 4 is 11.9 Å². The molecule has 0 aromatic carbocycles. The predicted octanol–water partition coefficient (Wildman–Crippen LogP) is 0.233. The molecule has 0 aromatic rings. The van der Waals surface area contributed by atoms with E-state index in [1.165, 1.54) is 0 Å². The Morgan fingerprint density at radius 3 is 2.55 bits per heavy atom. The lowest BCUT2D eigenvalue weighted by Gasteiger charge is -2.03. The molecule has 0 unspecified atom stereocenters. The SMILES string of the molecule is [2H]C([2H])(NC(=O)CC(C)C)C(=O)O. The number of hydrogen-bond acceptors (Lipinski definition) is 2. The van der Waals surface area contributed by atoms with E-state index in [4.69, 9.17) is 7.85 Å². The Morgan fingerprint density at radius 1 is 1.64 bits per heavy atom. The molecule has 0 saturated carbocycles. The first-order valence-electron chi connectivity index (χ1n) is 4.30. The quantitative estimate of drug-likeness (QED) is 0.620. The van der Waals surface area contributed by atoms with Gasteiger partial charge in [0.05, 0.1) is 2.74 Å². The molecule has 0 saturated heterocycles. The number of carboxylic acid groups (broad SMARTS) is 1. The van der Waals surface area contributed by atoms with Gasteiger partial charge in [-0.3, -0.25) is 9.59 Å². The summed E-state index contributed by atoms with van der Waals surface area (Å²) in [6, 6.07) is 0. The second-order valence-corrected chi connectivity index (χ2v) is 2.58. The van der Waals surface area contributed by atoms with Gasteiger partial charge in [0.25, 0.3) is 0 Å². The van der Waals surface area contributed by atoms with E-state index in [1.54, 1.807) is 19.2 Å². The molecule has 0 bridgehead atoms. The van der Waals surface area contributed by atoms with E-state index in [0.717, 1.165) is 0 Å². The second-order valence-electron chi connectivity index (χ2n) is 2.58. The molecular formula is C7H13NO3. The largest absolute Gasteiger partial charge is 0.480 e. The smallest absolute Gasteiger partial charge is 0.322 e. The minimum absolute atomic E-state index is 0.0737. The summed E-state index contributed by atoms with van der Waals surface area (Å²) in [6.07, 6.45) is 0.118. The molecular weight excluding hydrogens is 146 g/mol. The van der Waals surface area contributed by atoms with Gasteiger partial charge in [-0.1, -0.05) is 13.8 Å². The van der Waals surface area contributed by atoms with Crippen molar-refractivity contribution in [1.82, 2.24) is 5.32 Å². The van der Waals surface area contributed by atoms with Gasteiger partial charge in [-0.2, -0.15) is 0 Å². The minimum Gasteiger partial charge on any atom is -0.480 e. The molecule has 0 rings (SSSR count). The Hall–Kier alpha value is -1.06. The standard InChI is InChI=1S/C7H13NO3/c1-5(2)3-6(9)8-4-7(10)11/h5H,3-4H2,1-2H3,(H,8,9)(H,10,11)/i4D2. The first-order chi connectivity index (χ1) is 5.75. The maximum atomic E-state index is 11.0. The van der Waals surface area contributed by atoms with Crippen LogP contribution in [0.4, 0.5) is 0 Å². The van der Waals surface area contributed by atoms with E-state index in [1.807, 2.05) is 0 Å². The van der Waals surface area contributed by atoms with Crippen LogP contribution in [0, 0.1) is 5.92 Å². The number of aliphatic carboxylic acids is 1. The average molecular weight is 161 g/mol. The molecule has 0 aromatic heterocycles. The first kappa shape index (κ1) is 6.64. The average Bonchev–Trinajstić information content (AvgIpc) is 1.82. The predicted molar refractivity (Wildman–Crippen MR) is 40.1 cm³/mol. The molecule has 11 heavy (non-hydrogen) atoms. The van der Waals surface area contributed by atoms with Crippen molar-refractivity contribution in [2.45, 2.75) is 20.3 Å². The van der Waals surface area contributed by atoms with Crippen LogP contribution in [0.15, 0.2) is 0 Å². The Morgan fingerprint density at radius 2 is 2.18 bits per heavy atom. The highest BCUT2D eigenvalue weighted by Gasteiger charge is 2.05. The van der Waals surface area contributed by atoms with Crippen LogP contribution in [0.25, 0.3) is 0 Å². The minimum atomic E-state index is -2.67. The summed E-state index contributed by atoms with van der Waals surface area (Å²) in [4.78, 5) is 21.2. The van der Waals surface area contributed by atoms with Crippen molar-refractivity contribution in [2.75, 3.05) is 6.50 Å². The molecule has 0 aliphatic heterocycles. The monoisotopic (exact) mass is 161 g/mol. The molecule has 64 valence electrons. The molecule has 0 heterocycles. The van der Waals surface area contributed by atoms with E-state index >= 15 is 0 Å². The molecule has 0 fully saturated rings. The molecule has 0 radical (unpaired) electrons. The number of carbonyl (C=O) groups excluding carboxylic acids is 1. The van der Waals surface area contributed by atoms with Gasteiger partial charge in [0.15, 0.2) is 0 Å². The van der Waals surface area contributed by atoms with Crippen LogP contribution in [0.3, 0.4) is 0 Å². The molecule has 0 atom stereocenters. The zero-order valence-electron chi connectivity index (χ0n) is 8.55. The summed E-state index contributed by atoms with van der Waals surface area (Å²) in [5.41, 5.74) is 0. The van der Waals surface area contributed by atoms with Gasteiger partial charge in [-0.25, -0.2) is 0 Å². The van der Waals surface area contributed by atoms with Crippen molar-refractivity contribution in [3.8, 4) is 0 Å². The third-order valence-electron chi connectivity index (χ3n) is 0.902. The lowest BCUT2D eigenvalue weighted by Crippen LogP contribution is -2.29. The van der Waals surface area contributed by atoms with Crippen molar-refractivity contribution in [3.63, 3.8) is 0 Å². The number of carboxylic acids is 1. The van der Waals surface area contributed by atoms with Gasteiger partial charge in [-0.05, 0) is 5.92 Å². The zero-order valence-corrected chi connectivity index (χ0v) is 6.55. The fourth-order valence-corrected chi connectivity index (χ4v) is 0.545.